The molecule has 0 aromatic carbocycles. The quantitative estimate of drug-likeness (QED) is 0.760. The first-order valence-corrected chi connectivity index (χ1v) is 9.55. The third kappa shape index (κ3) is 5.44. The van der Waals surface area contributed by atoms with E-state index < -0.39 is 0 Å². The molecule has 2 fully saturated rings. The SMILES string of the molecule is Cn1ccnc1CN1CCN(C(=O)NCCCC[C@H]2CCCO2)CC1. The van der Waals surface area contributed by atoms with Crippen molar-refractivity contribution in [2.24, 2.45) is 7.05 Å². The molecule has 7 nitrogen and oxygen atoms in total. The smallest absolute Gasteiger partial charge is 0.317 e. The molecule has 3 heterocycles. The van der Waals surface area contributed by atoms with Gasteiger partial charge in [0.25, 0.3) is 0 Å². The van der Waals surface area contributed by atoms with Gasteiger partial charge in [0.05, 0.1) is 12.6 Å². The van der Waals surface area contributed by atoms with Crippen LogP contribution in [0.4, 0.5) is 4.79 Å². The fraction of sp³-hybridized carbons (Fsp3) is 0.778. The number of unbranched alkanes of at least 4 members (excludes halogenated alkanes) is 1. The van der Waals surface area contributed by atoms with Gasteiger partial charge in [-0.1, -0.05) is 0 Å². The van der Waals surface area contributed by atoms with Gasteiger partial charge < -0.3 is 19.5 Å². The van der Waals surface area contributed by atoms with Crippen LogP contribution in [0.2, 0.25) is 0 Å². The molecule has 2 aliphatic heterocycles. The summed E-state index contributed by atoms with van der Waals surface area (Å²) in [4.78, 5) is 20.9. The lowest BCUT2D eigenvalue weighted by Crippen LogP contribution is -2.51. The highest BCUT2D eigenvalue weighted by molar-refractivity contribution is 5.74. The maximum absolute atomic E-state index is 12.3. The van der Waals surface area contributed by atoms with Gasteiger partial charge in [-0.25, -0.2) is 9.78 Å². The number of imidazole rings is 1. The summed E-state index contributed by atoms with van der Waals surface area (Å²) in [5.74, 6) is 1.07. The van der Waals surface area contributed by atoms with Crippen LogP contribution in [0.25, 0.3) is 0 Å². The second-order valence-electron chi connectivity index (χ2n) is 7.08. The Labute approximate surface area is 150 Å². The van der Waals surface area contributed by atoms with Crippen LogP contribution in [-0.4, -0.2) is 70.8 Å². The fourth-order valence-electron chi connectivity index (χ4n) is 3.53. The zero-order valence-electron chi connectivity index (χ0n) is 15.3. The van der Waals surface area contributed by atoms with Crippen LogP contribution >= 0.6 is 0 Å². The van der Waals surface area contributed by atoms with Gasteiger partial charge in [0.2, 0.25) is 0 Å². The van der Waals surface area contributed by atoms with Crippen LogP contribution in [0, 0.1) is 0 Å². The third-order valence-corrected chi connectivity index (χ3v) is 5.20. The number of aromatic nitrogens is 2. The molecule has 140 valence electrons. The van der Waals surface area contributed by atoms with E-state index in [1.54, 1.807) is 0 Å². The molecule has 0 bridgehead atoms. The van der Waals surface area contributed by atoms with Crippen molar-refractivity contribution in [1.29, 1.82) is 0 Å². The summed E-state index contributed by atoms with van der Waals surface area (Å²) in [6, 6.07) is 0.0776. The molecule has 0 aliphatic carbocycles. The molecule has 1 aromatic heterocycles. The predicted octanol–water partition coefficient (Wildman–Crippen LogP) is 1.60. The first kappa shape index (κ1) is 18.2. The highest BCUT2D eigenvalue weighted by Crippen LogP contribution is 2.17. The van der Waals surface area contributed by atoms with Crippen LogP contribution in [0.1, 0.15) is 37.9 Å². The number of piperazine rings is 1. The normalized spacial score (nSPS) is 21.6. The summed E-state index contributed by atoms with van der Waals surface area (Å²) in [5, 5.41) is 3.06. The maximum Gasteiger partial charge on any atom is 0.317 e. The van der Waals surface area contributed by atoms with Crippen molar-refractivity contribution in [1.82, 2.24) is 24.7 Å². The Kier molecular flexibility index (Phi) is 6.69. The maximum atomic E-state index is 12.3. The molecule has 1 aromatic rings. The molecule has 0 spiro atoms. The average Bonchev–Trinajstić information content (AvgIpc) is 3.27. The molecule has 0 radical (unpaired) electrons. The van der Waals surface area contributed by atoms with Gasteiger partial charge in [-0.3, -0.25) is 4.90 Å². The summed E-state index contributed by atoms with van der Waals surface area (Å²) in [5.41, 5.74) is 0. The van der Waals surface area contributed by atoms with Crippen molar-refractivity contribution in [2.75, 3.05) is 39.3 Å². The highest BCUT2D eigenvalue weighted by atomic mass is 16.5. The second kappa shape index (κ2) is 9.20. The molecule has 0 unspecified atom stereocenters. The van der Waals surface area contributed by atoms with Gasteiger partial charge in [-0.2, -0.15) is 0 Å². The Morgan fingerprint density at radius 1 is 1.32 bits per heavy atom. The topological polar surface area (TPSA) is 62.6 Å². The molecule has 0 saturated carbocycles. The summed E-state index contributed by atoms with van der Waals surface area (Å²) >= 11 is 0. The van der Waals surface area contributed by atoms with Gasteiger partial charge in [0.1, 0.15) is 5.82 Å². The summed E-state index contributed by atoms with van der Waals surface area (Å²) in [6.07, 6.45) is 9.95. The number of hydrogen-bond acceptors (Lipinski definition) is 4. The number of carbonyl (C=O) groups excluding carboxylic acids is 1. The lowest BCUT2D eigenvalue weighted by molar-refractivity contribution is 0.102. The Hall–Kier alpha value is -1.60. The monoisotopic (exact) mass is 349 g/mol. The minimum atomic E-state index is 0.0776. The Morgan fingerprint density at radius 2 is 2.16 bits per heavy atom. The molecule has 2 amide bonds. The highest BCUT2D eigenvalue weighted by Gasteiger charge is 2.21. The number of hydrogen-bond donors (Lipinski definition) is 1. The van der Waals surface area contributed by atoms with Crippen LogP contribution in [0.5, 0.6) is 0 Å². The first-order valence-electron chi connectivity index (χ1n) is 9.55. The van der Waals surface area contributed by atoms with Gasteiger partial charge >= 0.3 is 6.03 Å². The van der Waals surface area contributed by atoms with Crippen LogP contribution in [-0.2, 0) is 18.3 Å². The van der Waals surface area contributed by atoms with E-state index in [9.17, 15) is 4.79 Å². The second-order valence-corrected chi connectivity index (χ2v) is 7.08. The Morgan fingerprint density at radius 3 is 2.84 bits per heavy atom. The third-order valence-electron chi connectivity index (χ3n) is 5.20. The zero-order valence-corrected chi connectivity index (χ0v) is 15.3. The van der Waals surface area contributed by atoms with Crippen LogP contribution in [0.15, 0.2) is 12.4 Å². The van der Waals surface area contributed by atoms with Crippen molar-refractivity contribution in [3.63, 3.8) is 0 Å². The van der Waals surface area contributed by atoms with E-state index in [0.29, 0.717) is 6.10 Å². The molecule has 7 heteroatoms. The van der Waals surface area contributed by atoms with Gasteiger partial charge in [-0.05, 0) is 32.1 Å². The standard InChI is InChI=1S/C18H31N5O2/c1-21-9-8-19-17(21)15-22-10-12-23(13-11-22)18(24)20-7-3-2-5-16-6-4-14-25-16/h8-9,16H,2-7,10-15H2,1H3,(H,20,24)/t16-/m0/s1. The van der Waals surface area contributed by atoms with E-state index in [1.807, 2.05) is 24.3 Å². The van der Waals surface area contributed by atoms with Crippen molar-refractivity contribution in [3.8, 4) is 0 Å². The number of urea groups is 1. The molecule has 1 N–H and O–H groups in total. The first-order chi connectivity index (χ1) is 12.2. The molecular weight excluding hydrogens is 318 g/mol. The number of carbonyl (C=O) groups is 1. The summed E-state index contributed by atoms with van der Waals surface area (Å²) < 4.78 is 7.68. The lowest BCUT2D eigenvalue weighted by Gasteiger charge is -2.34. The van der Waals surface area contributed by atoms with Crippen molar-refractivity contribution >= 4 is 6.03 Å². The number of nitrogens with zero attached hydrogens (tertiary/aromatic N) is 4. The number of rotatable bonds is 7. The lowest BCUT2D eigenvalue weighted by atomic mass is 10.1. The Bertz CT molecular complexity index is 533. The van der Waals surface area contributed by atoms with Crippen molar-refractivity contribution in [2.45, 2.75) is 44.8 Å². The fourth-order valence-corrected chi connectivity index (χ4v) is 3.53. The van der Waals surface area contributed by atoms with Crippen molar-refractivity contribution < 1.29 is 9.53 Å². The molecular formula is C18H31N5O2. The van der Waals surface area contributed by atoms with E-state index in [1.165, 1.54) is 12.8 Å². The minimum absolute atomic E-state index is 0.0776. The largest absolute Gasteiger partial charge is 0.378 e. The number of amides is 2. The van der Waals surface area contributed by atoms with E-state index in [4.69, 9.17) is 4.74 Å². The molecule has 2 aliphatic rings. The summed E-state index contributed by atoms with van der Waals surface area (Å²) in [6.45, 7) is 5.91. The van der Waals surface area contributed by atoms with Gasteiger partial charge in [0.15, 0.2) is 0 Å². The molecule has 1 atom stereocenters. The molecule has 25 heavy (non-hydrogen) atoms. The van der Waals surface area contributed by atoms with Crippen LogP contribution < -0.4 is 5.32 Å². The predicted molar refractivity (Wildman–Crippen MR) is 96.3 cm³/mol. The van der Waals surface area contributed by atoms with Gasteiger partial charge in [0, 0.05) is 58.8 Å². The molecule has 2 saturated heterocycles. The van der Waals surface area contributed by atoms with E-state index in [2.05, 4.69) is 19.8 Å². The van der Waals surface area contributed by atoms with Crippen LogP contribution in [0.3, 0.4) is 0 Å². The minimum Gasteiger partial charge on any atom is -0.378 e. The van der Waals surface area contributed by atoms with E-state index >= 15 is 0 Å². The van der Waals surface area contributed by atoms with Crippen molar-refractivity contribution in [3.05, 3.63) is 18.2 Å². The van der Waals surface area contributed by atoms with E-state index in [0.717, 1.165) is 71.0 Å². The molecule has 3 rings (SSSR count). The zero-order chi connectivity index (χ0) is 17.5. The number of ether oxygens (including phenoxy) is 1. The number of nitrogens with one attached hydrogen (secondary N) is 1. The average molecular weight is 349 g/mol. The van der Waals surface area contributed by atoms with Gasteiger partial charge in [-0.15, -0.1) is 0 Å². The van der Waals surface area contributed by atoms with E-state index in [-0.39, 0.29) is 6.03 Å². The number of aryl methyl sites for hydroxylation is 1. The Balaban J connectivity index is 1.27. The summed E-state index contributed by atoms with van der Waals surface area (Å²) in [7, 11) is 2.02.